The number of aliphatic imine (C=N–C) groups is 1. The summed E-state index contributed by atoms with van der Waals surface area (Å²) in [6, 6.07) is 4.70. The van der Waals surface area contributed by atoms with Crippen LogP contribution in [0, 0.1) is 11.3 Å². The van der Waals surface area contributed by atoms with E-state index in [9.17, 15) is 33.9 Å². The summed E-state index contributed by atoms with van der Waals surface area (Å²) in [6.45, 7) is 5.62. The van der Waals surface area contributed by atoms with Gasteiger partial charge in [0.2, 0.25) is 17.7 Å². The summed E-state index contributed by atoms with van der Waals surface area (Å²) >= 11 is 0. The fourth-order valence-corrected chi connectivity index (χ4v) is 4.72. The molecular formula is C24H27N4NaO7. The Morgan fingerprint density at radius 3 is 2.11 bits per heavy atom. The van der Waals surface area contributed by atoms with Crippen LogP contribution in [-0.4, -0.2) is 52.4 Å². The minimum Gasteiger partial charge on any atom is -0.846 e. The van der Waals surface area contributed by atoms with Crippen molar-refractivity contribution in [1.82, 2.24) is 15.5 Å². The Kier molecular flexibility index (Phi) is 9.70. The van der Waals surface area contributed by atoms with Crippen LogP contribution in [0.4, 0.5) is 0 Å². The van der Waals surface area contributed by atoms with Gasteiger partial charge < -0.3 is 10.4 Å². The normalized spacial score (nSPS) is 24.0. The number of fused-ring (bicyclic) bond motifs is 1. The minimum atomic E-state index is -1.15. The Labute approximate surface area is 230 Å². The Morgan fingerprint density at radius 1 is 1.06 bits per heavy atom. The standard InChI is InChI=1S/C13H10N2O4.C11H18N2O3.Na/c16-10-6-5-9(11(17)14-10)15-12(18)7-3-1-2-4-8(7)13(15)19;1-4-6-7(3)11(5-2)8(14)12-10(16)13-9(11)15;/h1-4,9H,5-6H2,(H,14,16,17);7H,4-6H2,1-3H3,(H2,12,13,14,15,16);/q;;+1/p-1. The zero-order valence-corrected chi connectivity index (χ0v) is 22.8. The van der Waals surface area contributed by atoms with Crippen molar-refractivity contribution in [2.75, 3.05) is 0 Å². The first-order valence-electron chi connectivity index (χ1n) is 11.5. The summed E-state index contributed by atoms with van der Waals surface area (Å²) in [4.78, 5) is 75.2. The van der Waals surface area contributed by atoms with E-state index in [-0.39, 0.29) is 54.2 Å². The number of rotatable bonds is 5. The smallest absolute Gasteiger partial charge is 0.846 e. The molecule has 1 fully saturated rings. The number of hydrogen-bond donors (Lipinski definition) is 2. The van der Waals surface area contributed by atoms with Crippen molar-refractivity contribution in [3.8, 4) is 0 Å². The molecule has 6 amide bonds. The second-order valence-corrected chi connectivity index (χ2v) is 8.68. The molecule has 0 radical (unpaired) electrons. The Morgan fingerprint density at radius 2 is 1.64 bits per heavy atom. The van der Waals surface area contributed by atoms with E-state index >= 15 is 0 Å². The third kappa shape index (κ3) is 5.28. The number of imide groups is 2. The molecule has 36 heavy (non-hydrogen) atoms. The summed E-state index contributed by atoms with van der Waals surface area (Å²) < 4.78 is 0. The van der Waals surface area contributed by atoms with E-state index in [4.69, 9.17) is 0 Å². The molecule has 0 aromatic heterocycles. The number of nitrogens with one attached hydrogen (secondary N) is 2. The summed E-state index contributed by atoms with van der Waals surface area (Å²) in [5.41, 5.74) is -0.543. The average molecular weight is 506 g/mol. The average Bonchev–Trinajstić information content (AvgIpc) is 3.05. The van der Waals surface area contributed by atoms with Gasteiger partial charge in [0, 0.05) is 6.42 Å². The molecule has 0 spiro atoms. The predicted molar refractivity (Wildman–Crippen MR) is 120 cm³/mol. The van der Waals surface area contributed by atoms with Gasteiger partial charge >= 0.3 is 29.6 Å². The maximum Gasteiger partial charge on any atom is 1.00 e. The number of carbonyl (C=O) groups is 6. The molecule has 11 nitrogen and oxygen atoms in total. The fraction of sp³-hybridized carbons (Fsp3) is 0.458. The van der Waals surface area contributed by atoms with Crippen LogP contribution in [-0.2, 0) is 19.2 Å². The Balaban J connectivity index is 0.000000251. The van der Waals surface area contributed by atoms with Crippen LogP contribution in [0.15, 0.2) is 29.3 Å². The largest absolute Gasteiger partial charge is 1.00 e. The summed E-state index contributed by atoms with van der Waals surface area (Å²) in [5.74, 6) is -3.12. The van der Waals surface area contributed by atoms with Crippen molar-refractivity contribution in [2.24, 2.45) is 16.3 Å². The number of hydrogen-bond acceptors (Lipinski definition) is 7. The molecule has 0 saturated carbocycles. The molecule has 2 N–H and O–H groups in total. The number of benzene rings is 1. The molecule has 186 valence electrons. The molecule has 3 aliphatic rings. The topological polar surface area (TPSA) is 165 Å². The quantitative estimate of drug-likeness (QED) is 0.249. The second kappa shape index (κ2) is 11.9. The molecule has 12 heteroatoms. The maximum absolute atomic E-state index is 12.2. The fourth-order valence-electron chi connectivity index (χ4n) is 4.72. The number of nitrogens with zero attached hydrogens (tertiary/aromatic N) is 2. The van der Waals surface area contributed by atoms with E-state index in [0.29, 0.717) is 17.5 Å². The van der Waals surface area contributed by atoms with Crippen molar-refractivity contribution in [3.05, 3.63) is 35.4 Å². The number of amidine groups is 1. The van der Waals surface area contributed by atoms with E-state index in [1.54, 1.807) is 31.2 Å². The summed E-state index contributed by atoms with van der Waals surface area (Å²) in [6.07, 6.45) is 2.32. The molecule has 0 aliphatic carbocycles. The van der Waals surface area contributed by atoms with E-state index in [0.717, 1.165) is 17.7 Å². The second-order valence-electron chi connectivity index (χ2n) is 8.68. The molecule has 3 atom stereocenters. The van der Waals surface area contributed by atoms with Crippen molar-refractivity contribution in [2.45, 2.75) is 58.9 Å². The number of amides is 6. The van der Waals surface area contributed by atoms with Gasteiger partial charge in [0.1, 0.15) is 11.5 Å². The van der Waals surface area contributed by atoms with Crippen LogP contribution in [0.5, 0.6) is 0 Å². The first-order valence-corrected chi connectivity index (χ1v) is 11.5. The molecule has 4 rings (SSSR count). The van der Waals surface area contributed by atoms with Crippen LogP contribution in [0.25, 0.3) is 0 Å². The predicted octanol–water partition coefficient (Wildman–Crippen LogP) is -2.72. The van der Waals surface area contributed by atoms with Crippen molar-refractivity contribution in [3.63, 3.8) is 0 Å². The van der Waals surface area contributed by atoms with E-state index in [1.807, 2.05) is 13.8 Å². The molecule has 3 aliphatic heterocycles. The van der Waals surface area contributed by atoms with Crippen LogP contribution in [0.1, 0.15) is 73.6 Å². The zero-order valence-electron chi connectivity index (χ0n) is 20.8. The molecule has 1 saturated heterocycles. The molecule has 0 bridgehead atoms. The third-order valence-corrected chi connectivity index (χ3v) is 6.68. The van der Waals surface area contributed by atoms with E-state index in [2.05, 4.69) is 15.6 Å². The molecular weight excluding hydrogens is 479 g/mol. The van der Waals surface area contributed by atoms with Crippen LogP contribution in [0.3, 0.4) is 0 Å². The third-order valence-electron chi connectivity index (χ3n) is 6.68. The first kappa shape index (κ1) is 29.3. The monoisotopic (exact) mass is 506 g/mol. The van der Waals surface area contributed by atoms with Gasteiger partial charge in [-0.15, -0.1) is 0 Å². The van der Waals surface area contributed by atoms with Crippen LogP contribution >= 0.6 is 0 Å². The van der Waals surface area contributed by atoms with Gasteiger partial charge in [0.05, 0.1) is 17.1 Å². The molecule has 3 heterocycles. The van der Waals surface area contributed by atoms with Gasteiger partial charge in [-0.2, -0.15) is 0 Å². The number of piperidine rings is 1. The Bertz CT molecular complexity index is 1100. The first-order chi connectivity index (χ1) is 16.6. The zero-order chi connectivity index (χ0) is 25.9. The van der Waals surface area contributed by atoms with Gasteiger partial charge in [-0.1, -0.05) is 39.3 Å². The SMILES string of the molecule is CCCC(C)C1(CC)C(=O)N=C([O-])NC1=O.O=C1CCC(N2C(=O)c3ccccc3C2=O)C(=O)N1.[Na+]. The molecule has 3 unspecified atom stereocenters. The van der Waals surface area contributed by atoms with E-state index in [1.165, 1.54) is 0 Å². The van der Waals surface area contributed by atoms with E-state index < -0.39 is 47.0 Å². The summed E-state index contributed by atoms with van der Waals surface area (Å²) in [5, 5.41) is 15.2. The maximum atomic E-state index is 12.2. The van der Waals surface area contributed by atoms with Gasteiger partial charge in [0.15, 0.2) is 0 Å². The number of carbonyl (C=O) groups excluding carboxylic acids is 6. The van der Waals surface area contributed by atoms with Gasteiger partial charge in [0.25, 0.3) is 17.7 Å². The van der Waals surface area contributed by atoms with Gasteiger partial charge in [-0.05, 0) is 37.3 Å². The van der Waals surface area contributed by atoms with Gasteiger partial charge in [-0.25, -0.2) is 4.99 Å². The molecule has 1 aromatic carbocycles. The van der Waals surface area contributed by atoms with Crippen molar-refractivity contribution >= 4 is 41.5 Å². The van der Waals surface area contributed by atoms with Crippen molar-refractivity contribution < 1.29 is 63.4 Å². The van der Waals surface area contributed by atoms with Crippen molar-refractivity contribution in [1.29, 1.82) is 0 Å². The van der Waals surface area contributed by atoms with Crippen LogP contribution < -0.4 is 45.3 Å². The Hall–Kier alpha value is -2.89. The van der Waals surface area contributed by atoms with Crippen LogP contribution in [0.2, 0.25) is 0 Å². The summed E-state index contributed by atoms with van der Waals surface area (Å²) in [7, 11) is 0. The molecule has 1 aromatic rings. The van der Waals surface area contributed by atoms with Gasteiger partial charge in [-0.3, -0.25) is 39.0 Å². The minimum absolute atomic E-state index is 0.